The molecule has 7 nitrogen and oxygen atoms in total. The largest absolute Gasteiger partial charge is 0.357 e. The smallest absolute Gasteiger partial charge is 0.137 e. The fourth-order valence-electron chi connectivity index (χ4n) is 3.22. The second-order valence-corrected chi connectivity index (χ2v) is 6.36. The van der Waals surface area contributed by atoms with E-state index in [-0.39, 0.29) is 0 Å². The number of aromatic amines is 2. The maximum Gasteiger partial charge on any atom is 0.137 e. The predicted octanol–water partition coefficient (Wildman–Crippen LogP) is 2.81. The molecule has 0 aliphatic heterocycles. The van der Waals surface area contributed by atoms with Crippen LogP contribution in [0.15, 0.2) is 55.0 Å². The summed E-state index contributed by atoms with van der Waals surface area (Å²) in [6.45, 7) is 1.16. The van der Waals surface area contributed by atoms with Gasteiger partial charge in [0.05, 0.1) is 12.7 Å². The molecule has 7 heteroatoms. The minimum atomic E-state index is 0.510. The lowest BCUT2D eigenvalue weighted by molar-refractivity contribution is 0.650. The SMILES string of the molecule is NCc1cc2ccc(Cn3cc(-c4cnc5[nH]ccc5c4)nn3)cc2[nH]1. The molecular weight excluding hydrogens is 326 g/mol. The van der Waals surface area contributed by atoms with E-state index in [1.807, 2.05) is 29.3 Å². The Kier molecular flexibility index (Phi) is 3.32. The molecule has 128 valence electrons. The van der Waals surface area contributed by atoms with E-state index in [9.17, 15) is 0 Å². The second kappa shape index (κ2) is 5.82. The Morgan fingerprint density at radius 3 is 2.96 bits per heavy atom. The van der Waals surface area contributed by atoms with Crippen LogP contribution in [-0.2, 0) is 13.1 Å². The number of benzene rings is 1. The van der Waals surface area contributed by atoms with Crippen LogP contribution in [0.25, 0.3) is 33.2 Å². The third-order valence-electron chi connectivity index (χ3n) is 4.54. The summed E-state index contributed by atoms with van der Waals surface area (Å²) in [5, 5.41) is 10.8. The first kappa shape index (κ1) is 14.9. The first-order valence-corrected chi connectivity index (χ1v) is 8.43. The molecule has 0 bridgehead atoms. The number of pyridine rings is 1. The van der Waals surface area contributed by atoms with Crippen molar-refractivity contribution in [1.82, 2.24) is 29.9 Å². The van der Waals surface area contributed by atoms with Gasteiger partial charge in [0, 0.05) is 41.1 Å². The van der Waals surface area contributed by atoms with Crippen molar-refractivity contribution in [2.45, 2.75) is 13.1 Å². The van der Waals surface area contributed by atoms with E-state index >= 15 is 0 Å². The van der Waals surface area contributed by atoms with Crippen LogP contribution in [0.4, 0.5) is 0 Å². The summed E-state index contributed by atoms with van der Waals surface area (Å²) >= 11 is 0. The van der Waals surface area contributed by atoms with E-state index in [0.717, 1.165) is 39.1 Å². The molecule has 0 atom stereocenters. The van der Waals surface area contributed by atoms with Crippen molar-refractivity contribution >= 4 is 21.9 Å². The van der Waals surface area contributed by atoms with E-state index in [1.54, 1.807) is 0 Å². The van der Waals surface area contributed by atoms with E-state index in [1.165, 1.54) is 5.39 Å². The first-order chi connectivity index (χ1) is 12.8. The van der Waals surface area contributed by atoms with Crippen molar-refractivity contribution in [2.24, 2.45) is 5.73 Å². The third-order valence-corrected chi connectivity index (χ3v) is 4.54. The number of nitrogens with one attached hydrogen (secondary N) is 2. The molecule has 0 aliphatic rings. The first-order valence-electron chi connectivity index (χ1n) is 8.43. The van der Waals surface area contributed by atoms with Crippen molar-refractivity contribution in [3.8, 4) is 11.3 Å². The van der Waals surface area contributed by atoms with Crippen LogP contribution in [0.5, 0.6) is 0 Å². The molecule has 4 heterocycles. The number of hydrogen-bond acceptors (Lipinski definition) is 4. The number of rotatable bonds is 4. The molecule has 4 N–H and O–H groups in total. The Bertz CT molecular complexity index is 1210. The van der Waals surface area contributed by atoms with Gasteiger partial charge in [0.15, 0.2) is 0 Å². The fourth-order valence-corrected chi connectivity index (χ4v) is 3.22. The van der Waals surface area contributed by atoms with Crippen molar-refractivity contribution in [1.29, 1.82) is 0 Å². The van der Waals surface area contributed by atoms with Crippen molar-refractivity contribution in [2.75, 3.05) is 0 Å². The van der Waals surface area contributed by atoms with Gasteiger partial charge in [-0.15, -0.1) is 5.10 Å². The Morgan fingerprint density at radius 1 is 1.08 bits per heavy atom. The van der Waals surface area contributed by atoms with Gasteiger partial charge in [0.1, 0.15) is 11.3 Å². The third kappa shape index (κ3) is 2.55. The quantitative estimate of drug-likeness (QED) is 0.467. The number of nitrogens with zero attached hydrogens (tertiary/aromatic N) is 4. The number of aromatic nitrogens is 6. The number of nitrogens with two attached hydrogens (primary N) is 1. The van der Waals surface area contributed by atoms with Crippen LogP contribution in [0.2, 0.25) is 0 Å². The molecule has 0 saturated carbocycles. The summed E-state index contributed by atoms with van der Waals surface area (Å²) < 4.78 is 1.84. The van der Waals surface area contributed by atoms with Gasteiger partial charge in [-0.1, -0.05) is 17.3 Å². The average Bonchev–Trinajstić information content (AvgIpc) is 3.39. The monoisotopic (exact) mass is 343 g/mol. The Morgan fingerprint density at radius 2 is 2.04 bits per heavy atom. The summed E-state index contributed by atoms with van der Waals surface area (Å²) in [6.07, 6.45) is 5.64. The van der Waals surface area contributed by atoms with Crippen LogP contribution >= 0.6 is 0 Å². The van der Waals surface area contributed by atoms with Crippen LogP contribution in [0, 0.1) is 0 Å². The maximum absolute atomic E-state index is 5.70. The zero-order valence-corrected chi connectivity index (χ0v) is 14.0. The fraction of sp³-hybridized carbons (Fsp3) is 0.105. The normalized spacial score (nSPS) is 11.6. The lowest BCUT2D eigenvalue weighted by atomic mass is 10.1. The zero-order chi connectivity index (χ0) is 17.5. The topological polar surface area (TPSA) is 101 Å². The molecule has 0 spiro atoms. The molecular formula is C19H17N7. The van der Waals surface area contributed by atoms with E-state index in [2.05, 4.69) is 55.6 Å². The standard InChI is InChI=1S/C19H17N7/c20-8-16-7-13-2-1-12(5-17(13)23-16)10-26-11-18(24-25-26)15-6-14-3-4-21-19(14)22-9-15/h1-7,9,11,23H,8,10,20H2,(H,21,22). The van der Waals surface area contributed by atoms with E-state index < -0.39 is 0 Å². The molecule has 4 aromatic heterocycles. The summed E-state index contributed by atoms with van der Waals surface area (Å²) in [5.41, 5.74) is 11.6. The van der Waals surface area contributed by atoms with Crippen molar-refractivity contribution in [3.63, 3.8) is 0 Å². The predicted molar refractivity (Wildman–Crippen MR) is 100 cm³/mol. The van der Waals surface area contributed by atoms with Gasteiger partial charge in [-0.3, -0.25) is 0 Å². The van der Waals surface area contributed by atoms with Gasteiger partial charge in [-0.05, 0) is 35.2 Å². The number of hydrogen-bond donors (Lipinski definition) is 3. The van der Waals surface area contributed by atoms with Gasteiger partial charge in [0.25, 0.3) is 0 Å². The Hall–Kier alpha value is -3.45. The van der Waals surface area contributed by atoms with E-state index in [0.29, 0.717) is 13.1 Å². The van der Waals surface area contributed by atoms with Gasteiger partial charge in [-0.2, -0.15) is 0 Å². The summed E-state index contributed by atoms with van der Waals surface area (Å²) in [4.78, 5) is 10.8. The van der Waals surface area contributed by atoms with Crippen molar-refractivity contribution < 1.29 is 0 Å². The van der Waals surface area contributed by atoms with Crippen LogP contribution < -0.4 is 5.73 Å². The van der Waals surface area contributed by atoms with Gasteiger partial charge in [-0.25, -0.2) is 9.67 Å². The highest BCUT2D eigenvalue weighted by Crippen LogP contribution is 2.21. The molecule has 0 unspecified atom stereocenters. The second-order valence-electron chi connectivity index (χ2n) is 6.36. The molecule has 1 aromatic carbocycles. The minimum Gasteiger partial charge on any atom is -0.357 e. The Labute approximate surface area is 148 Å². The van der Waals surface area contributed by atoms with Crippen molar-refractivity contribution in [3.05, 3.63) is 66.2 Å². The van der Waals surface area contributed by atoms with Gasteiger partial charge in [0.2, 0.25) is 0 Å². The average molecular weight is 343 g/mol. The van der Waals surface area contributed by atoms with Gasteiger partial charge < -0.3 is 15.7 Å². The van der Waals surface area contributed by atoms with E-state index in [4.69, 9.17) is 5.73 Å². The van der Waals surface area contributed by atoms with Crippen LogP contribution in [0.1, 0.15) is 11.3 Å². The zero-order valence-electron chi connectivity index (χ0n) is 14.0. The summed E-state index contributed by atoms with van der Waals surface area (Å²) in [6, 6.07) is 12.5. The maximum atomic E-state index is 5.70. The highest BCUT2D eigenvalue weighted by atomic mass is 15.4. The van der Waals surface area contributed by atoms with Gasteiger partial charge >= 0.3 is 0 Å². The molecule has 0 fully saturated rings. The molecule has 5 aromatic rings. The summed E-state index contributed by atoms with van der Waals surface area (Å²) in [7, 11) is 0. The molecule has 0 amide bonds. The number of H-pyrrole nitrogens is 2. The molecule has 26 heavy (non-hydrogen) atoms. The minimum absolute atomic E-state index is 0.510. The molecule has 0 radical (unpaired) electrons. The number of fused-ring (bicyclic) bond motifs is 2. The summed E-state index contributed by atoms with van der Waals surface area (Å²) in [5.74, 6) is 0. The van der Waals surface area contributed by atoms with Crippen LogP contribution in [-0.4, -0.2) is 29.9 Å². The highest BCUT2D eigenvalue weighted by molar-refractivity contribution is 5.81. The van der Waals surface area contributed by atoms with Crippen LogP contribution in [0.3, 0.4) is 0 Å². The highest BCUT2D eigenvalue weighted by Gasteiger charge is 2.08. The molecule has 5 rings (SSSR count). The lowest BCUT2D eigenvalue weighted by Gasteiger charge is -2.01. The lowest BCUT2D eigenvalue weighted by Crippen LogP contribution is -2.00. The Balaban J connectivity index is 1.42. The molecule has 0 aliphatic carbocycles. The molecule has 0 saturated heterocycles.